The Balaban J connectivity index is 0.00000380. The van der Waals surface area contributed by atoms with Gasteiger partial charge in [-0.25, -0.2) is 8.78 Å². The monoisotopic (exact) mass is 523 g/mol. The van der Waals surface area contributed by atoms with Crippen LogP contribution in [0.1, 0.15) is 72.6 Å². The maximum Gasteiger partial charge on any atom is 0.274 e. The Morgan fingerprint density at radius 3 is 2.73 bits per heavy atom. The van der Waals surface area contributed by atoms with Gasteiger partial charge in [0.2, 0.25) is 5.91 Å². The molecule has 0 spiro atoms. The molecule has 2 fully saturated rings. The summed E-state index contributed by atoms with van der Waals surface area (Å²) in [5, 5.41) is 3.57. The molecule has 4 heterocycles. The molecule has 3 aliphatic rings. The minimum absolute atomic E-state index is 0. The highest BCUT2D eigenvalue weighted by Crippen LogP contribution is 2.42. The summed E-state index contributed by atoms with van der Waals surface area (Å²) in [6, 6.07) is 2.38. The number of hydrogen-bond donors (Lipinski definition) is 1. The first-order valence-corrected chi connectivity index (χ1v) is 13.5. The molecule has 1 N–H and O–H groups in total. The molecule has 0 aromatic carbocycles. The zero-order chi connectivity index (χ0) is 26.1. The molecule has 0 aliphatic carbocycles. The first kappa shape index (κ1) is 29.9. The number of ether oxygens (including phenoxy) is 1. The number of alkyl halides is 2. The standard InChI is InChI=1S/C27H43F2N5O2.CH4/c1-6-8-27(28,29)20-11-23-25(31-12-20)26(4,5)18-34(23)24(35)16-33-14-19(3)30-13-22(33)15-32-9-10-36-17-21(32)7-2;/h11-12,19,21-22,30H,6-10,13-18H2,1-5H3;1H4/t19-,21-,22-;/m1./s1. The highest BCUT2D eigenvalue weighted by atomic mass is 19.3. The van der Waals surface area contributed by atoms with E-state index in [0.29, 0.717) is 24.7 Å². The maximum atomic E-state index is 14.7. The predicted molar refractivity (Wildman–Crippen MR) is 144 cm³/mol. The van der Waals surface area contributed by atoms with Crippen LogP contribution in [0.25, 0.3) is 0 Å². The Labute approximate surface area is 221 Å². The van der Waals surface area contributed by atoms with Crippen molar-refractivity contribution in [2.24, 2.45) is 0 Å². The zero-order valence-corrected chi connectivity index (χ0v) is 22.5. The molecule has 0 unspecified atom stereocenters. The van der Waals surface area contributed by atoms with Crippen molar-refractivity contribution in [3.8, 4) is 0 Å². The van der Waals surface area contributed by atoms with Gasteiger partial charge in [0.1, 0.15) is 0 Å². The molecule has 1 amide bonds. The third kappa shape index (κ3) is 6.49. The number of amides is 1. The number of pyridine rings is 1. The number of nitrogens with one attached hydrogen (secondary N) is 1. The van der Waals surface area contributed by atoms with Gasteiger partial charge >= 0.3 is 0 Å². The summed E-state index contributed by atoms with van der Waals surface area (Å²) in [5.41, 5.74) is 0.764. The van der Waals surface area contributed by atoms with Gasteiger partial charge in [-0.05, 0) is 19.4 Å². The van der Waals surface area contributed by atoms with Crippen LogP contribution in [-0.2, 0) is 20.9 Å². The molecule has 1 aromatic rings. The number of halogens is 2. The van der Waals surface area contributed by atoms with Crippen LogP contribution >= 0.6 is 0 Å². The number of carbonyl (C=O) groups is 1. The number of rotatable bonds is 8. The van der Waals surface area contributed by atoms with Crippen LogP contribution in [-0.4, -0.2) is 91.3 Å². The Morgan fingerprint density at radius 2 is 2.03 bits per heavy atom. The molecule has 3 atom stereocenters. The van der Waals surface area contributed by atoms with Crippen molar-refractivity contribution in [1.29, 1.82) is 0 Å². The molecule has 1 aromatic heterocycles. The van der Waals surface area contributed by atoms with Crippen LogP contribution in [0.5, 0.6) is 0 Å². The maximum absolute atomic E-state index is 14.7. The fourth-order valence-corrected chi connectivity index (χ4v) is 5.86. The van der Waals surface area contributed by atoms with E-state index in [2.05, 4.69) is 33.9 Å². The van der Waals surface area contributed by atoms with Gasteiger partial charge in [0.05, 0.1) is 31.1 Å². The molecule has 0 radical (unpaired) electrons. The first-order chi connectivity index (χ1) is 17.1. The van der Waals surface area contributed by atoms with Crippen molar-refractivity contribution in [3.63, 3.8) is 0 Å². The summed E-state index contributed by atoms with van der Waals surface area (Å²) < 4.78 is 35.1. The van der Waals surface area contributed by atoms with Crippen molar-refractivity contribution in [1.82, 2.24) is 20.1 Å². The molecule has 9 heteroatoms. The summed E-state index contributed by atoms with van der Waals surface area (Å²) in [5.74, 6) is -3.00. The van der Waals surface area contributed by atoms with Crippen LogP contribution in [0.2, 0.25) is 0 Å². The van der Waals surface area contributed by atoms with Crippen LogP contribution < -0.4 is 10.2 Å². The summed E-state index contributed by atoms with van der Waals surface area (Å²) in [4.78, 5) is 24.6. The van der Waals surface area contributed by atoms with Gasteiger partial charge in [0, 0.05) is 74.4 Å². The van der Waals surface area contributed by atoms with E-state index in [9.17, 15) is 13.6 Å². The molecule has 0 bridgehead atoms. The largest absolute Gasteiger partial charge is 0.378 e. The van der Waals surface area contributed by atoms with E-state index in [-0.39, 0.29) is 49.4 Å². The van der Waals surface area contributed by atoms with Gasteiger partial charge in [-0.3, -0.25) is 19.6 Å². The lowest BCUT2D eigenvalue weighted by Crippen LogP contribution is -2.62. The third-order valence-electron chi connectivity index (χ3n) is 7.97. The van der Waals surface area contributed by atoms with Gasteiger partial charge in [0.15, 0.2) is 0 Å². The van der Waals surface area contributed by atoms with E-state index in [4.69, 9.17) is 4.74 Å². The van der Waals surface area contributed by atoms with Crippen molar-refractivity contribution in [2.75, 3.05) is 57.4 Å². The molecular formula is C28H47F2N5O2. The summed E-state index contributed by atoms with van der Waals surface area (Å²) in [6.45, 7) is 15.7. The van der Waals surface area contributed by atoms with Gasteiger partial charge in [-0.1, -0.05) is 41.5 Å². The number of fused-ring (bicyclic) bond motifs is 1. The Hall–Kier alpha value is -1.68. The average Bonchev–Trinajstić information content (AvgIpc) is 3.11. The number of piperazine rings is 1. The first-order valence-electron chi connectivity index (χ1n) is 13.5. The fourth-order valence-electron chi connectivity index (χ4n) is 5.86. The molecule has 7 nitrogen and oxygen atoms in total. The second kappa shape index (κ2) is 12.0. The number of anilines is 1. The lowest BCUT2D eigenvalue weighted by molar-refractivity contribution is -0.121. The van der Waals surface area contributed by atoms with Crippen LogP contribution in [0, 0.1) is 0 Å². The van der Waals surface area contributed by atoms with Crippen LogP contribution in [0.15, 0.2) is 12.3 Å². The van der Waals surface area contributed by atoms with Gasteiger partial charge in [-0.15, -0.1) is 0 Å². The fraction of sp³-hybridized carbons (Fsp3) is 0.786. The lowest BCUT2D eigenvalue weighted by atomic mass is 9.91. The quantitative estimate of drug-likeness (QED) is 0.556. The Kier molecular flexibility index (Phi) is 9.70. The normalized spacial score (nSPS) is 26.6. The van der Waals surface area contributed by atoms with Gasteiger partial charge < -0.3 is 15.0 Å². The average molecular weight is 524 g/mol. The molecule has 37 heavy (non-hydrogen) atoms. The van der Waals surface area contributed by atoms with E-state index < -0.39 is 5.92 Å². The van der Waals surface area contributed by atoms with Crippen LogP contribution in [0.4, 0.5) is 14.5 Å². The summed E-state index contributed by atoms with van der Waals surface area (Å²) in [7, 11) is 0. The molecular weight excluding hydrogens is 476 g/mol. The Morgan fingerprint density at radius 1 is 1.27 bits per heavy atom. The van der Waals surface area contributed by atoms with Crippen molar-refractivity contribution in [2.45, 2.75) is 90.8 Å². The molecule has 210 valence electrons. The predicted octanol–water partition coefficient (Wildman–Crippen LogP) is 4.01. The SMILES string of the molecule is C.CCCC(F)(F)c1cnc2c(c1)N(C(=O)CN1C[C@@H](C)NC[C@@H]1CN1CCOC[C@H]1CC)CC2(C)C. The van der Waals surface area contributed by atoms with E-state index in [1.165, 1.54) is 12.3 Å². The zero-order valence-electron chi connectivity index (χ0n) is 22.5. The van der Waals surface area contributed by atoms with Gasteiger partial charge in [-0.2, -0.15) is 0 Å². The molecule has 3 aliphatic heterocycles. The minimum Gasteiger partial charge on any atom is -0.378 e. The van der Waals surface area contributed by atoms with Crippen LogP contribution in [0.3, 0.4) is 0 Å². The minimum atomic E-state index is -2.95. The number of nitrogens with zero attached hydrogens (tertiary/aromatic N) is 4. The highest BCUT2D eigenvalue weighted by Gasteiger charge is 2.42. The van der Waals surface area contributed by atoms with Crippen molar-refractivity contribution >= 4 is 11.6 Å². The number of aromatic nitrogens is 1. The second-order valence-corrected chi connectivity index (χ2v) is 11.4. The number of morpholine rings is 1. The molecule has 4 rings (SSSR count). The van der Waals surface area contributed by atoms with Crippen molar-refractivity contribution < 1.29 is 18.3 Å². The lowest BCUT2D eigenvalue weighted by Gasteiger charge is -2.44. The van der Waals surface area contributed by atoms with E-state index in [0.717, 1.165) is 51.5 Å². The van der Waals surface area contributed by atoms with Crippen molar-refractivity contribution in [3.05, 3.63) is 23.5 Å². The van der Waals surface area contributed by atoms with Gasteiger partial charge in [0.25, 0.3) is 5.92 Å². The van der Waals surface area contributed by atoms with E-state index >= 15 is 0 Å². The smallest absolute Gasteiger partial charge is 0.274 e. The molecule has 0 saturated carbocycles. The topological polar surface area (TPSA) is 60.9 Å². The van der Waals surface area contributed by atoms with E-state index in [1.54, 1.807) is 11.8 Å². The number of carbonyl (C=O) groups excluding carboxylic acids is 1. The molecule has 2 saturated heterocycles. The summed E-state index contributed by atoms with van der Waals surface area (Å²) in [6.07, 6.45) is 2.48. The third-order valence-corrected chi connectivity index (χ3v) is 7.97. The second-order valence-electron chi connectivity index (χ2n) is 11.4. The number of hydrogen-bond acceptors (Lipinski definition) is 6. The highest BCUT2D eigenvalue weighted by molar-refractivity contribution is 5.97. The Bertz CT molecular complexity index is 928. The summed E-state index contributed by atoms with van der Waals surface area (Å²) >= 11 is 0. The van der Waals surface area contributed by atoms with E-state index in [1.807, 2.05) is 13.8 Å².